The SMILES string of the molecule is CCCC(=O)CC(=O)O.CCCCO. The first-order valence-electron chi connectivity index (χ1n) is 4.92. The van der Waals surface area contributed by atoms with Crippen LogP contribution in [0.15, 0.2) is 0 Å². The lowest BCUT2D eigenvalue weighted by Gasteiger charge is -1.90. The number of aliphatic carboxylic acids is 1. The number of Topliss-reactive ketones (excluding diaryl/α,β-unsaturated/α-hetero) is 1. The summed E-state index contributed by atoms with van der Waals surface area (Å²) in [4.78, 5) is 20.3. The number of aliphatic hydroxyl groups excluding tert-OH is 1. The highest BCUT2D eigenvalue weighted by molar-refractivity contribution is 5.94. The van der Waals surface area contributed by atoms with Crippen LogP contribution in [-0.4, -0.2) is 28.6 Å². The van der Waals surface area contributed by atoms with Crippen LogP contribution in [0.5, 0.6) is 0 Å². The van der Waals surface area contributed by atoms with E-state index in [9.17, 15) is 9.59 Å². The maximum absolute atomic E-state index is 10.5. The molecule has 84 valence electrons. The van der Waals surface area contributed by atoms with Crippen LogP contribution in [0.3, 0.4) is 0 Å². The maximum atomic E-state index is 10.5. The van der Waals surface area contributed by atoms with Gasteiger partial charge in [-0.1, -0.05) is 20.3 Å². The molecular formula is C10H20O4. The summed E-state index contributed by atoms with van der Waals surface area (Å²) in [5.74, 6) is -1.22. The molecule has 0 atom stereocenters. The second-order valence-corrected chi connectivity index (χ2v) is 2.94. The Hall–Kier alpha value is -0.900. The second-order valence-electron chi connectivity index (χ2n) is 2.94. The maximum Gasteiger partial charge on any atom is 0.310 e. The first kappa shape index (κ1) is 15.6. The molecule has 4 heteroatoms. The molecule has 0 saturated carbocycles. The van der Waals surface area contributed by atoms with Gasteiger partial charge in [-0.25, -0.2) is 0 Å². The molecule has 0 bridgehead atoms. The number of carboxylic acids is 1. The fourth-order valence-electron chi connectivity index (χ4n) is 0.694. The highest BCUT2D eigenvalue weighted by Crippen LogP contribution is 1.92. The smallest absolute Gasteiger partial charge is 0.310 e. The molecule has 0 aromatic rings. The number of rotatable bonds is 6. The first-order chi connectivity index (χ1) is 6.58. The average Bonchev–Trinajstić information content (AvgIpc) is 2.05. The average molecular weight is 204 g/mol. The van der Waals surface area contributed by atoms with Crippen molar-refractivity contribution in [1.82, 2.24) is 0 Å². The van der Waals surface area contributed by atoms with Crippen LogP contribution >= 0.6 is 0 Å². The van der Waals surface area contributed by atoms with E-state index < -0.39 is 5.97 Å². The second kappa shape index (κ2) is 12.1. The van der Waals surface area contributed by atoms with Crippen molar-refractivity contribution in [2.75, 3.05) is 6.61 Å². The molecular weight excluding hydrogens is 184 g/mol. The number of unbranched alkanes of at least 4 members (excludes halogenated alkanes) is 1. The molecule has 0 saturated heterocycles. The van der Waals surface area contributed by atoms with Crippen molar-refractivity contribution in [1.29, 1.82) is 0 Å². The highest BCUT2D eigenvalue weighted by atomic mass is 16.4. The standard InChI is InChI=1S/C6H10O3.C4H10O/c1-2-3-5(7)4-6(8)9;1-2-3-4-5/h2-4H2,1H3,(H,8,9);5H,2-4H2,1H3. The molecule has 0 aromatic carbocycles. The summed E-state index contributed by atoms with van der Waals surface area (Å²) in [5, 5.41) is 16.2. The van der Waals surface area contributed by atoms with E-state index in [0.29, 0.717) is 13.0 Å². The Labute approximate surface area is 84.9 Å². The van der Waals surface area contributed by atoms with Gasteiger partial charge in [-0.05, 0) is 12.8 Å². The molecule has 0 amide bonds. The molecule has 0 aliphatic carbocycles. The Morgan fingerprint density at radius 1 is 1.14 bits per heavy atom. The summed E-state index contributed by atoms with van der Waals surface area (Å²) >= 11 is 0. The molecule has 0 fully saturated rings. The molecule has 0 unspecified atom stereocenters. The summed E-state index contributed by atoms with van der Waals surface area (Å²) in [7, 11) is 0. The van der Waals surface area contributed by atoms with E-state index in [1.165, 1.54) is 0 Å². The van der Waals surface area contributed by atoms with Crippen LogP contribution in [0.25, 0.3) is 0 Å². The molecule has 0 rings (SSSR count). The molecule has 0 spiro atoms. The normalized spacial score (nSPS) is 8.79. The van der Waals surface area contributed by atoms with Gasteiger partial charge in [0.05, 0.1) is 0 Å². The van der Waals surface area contributed by atoms with Crippen molar-refractivity contribution in [3.05, 3.63) is 0 Å². The van der Waals surface area contributed by atoms with Crippen molar-refractivity contribution in [2.45, 2.75) is 46.0 Å². The molecule has 4 nitrogen and oxygen atoms in total. The predicted molar refractivity (Wildman–Crippen MR) is 54.2 cm³/mol. The predicted octanol–water partition coefficient (Wildman–Crippen LogP) is 1.61. The van der Waals surface area contributed by atoms with Crippen molar-refractivity contribution in [3.8, 4) is 0 Å². The highest BCUT2D eigenvalue weighted by Gasteiger charge is 2.04. The quantitative estimate of drug-likeness (QED) is 0.644. The molecule has 0 aromatic heterocycles. The van der Waals surface area contributed by atoms with Gasteiger partial charge in [0.25, 0.3) is 0 Å². The molecule has 0 radical (unpaired) electrons. The lowest BCUT2D eigenvalue weighted by atomic mass is 10.2. The molecule has 0 aliphatic heterocycles. The van der Waals surface area contributed by atoms with Gasteiger partial charge < -0.3 is 10.2 Å². The number of hydrogen-bond donors (Lipinski definition) is 2. The Balaban J connectivity index is 0. The van der Waals surface area contributed by atoms with E-state index in [1.807, 2.05) is 6.92 Å². The van der Waals surface area contributed by atoms with E-state index in [1.54, 1.807) is 0 Å². The lowest BCUT2D eigenvalue weighted by Crippen LogP contribution is -2.05. The van der Waals surface area contributed by atoms with Gasteiger partial charge in [0.2, 0.25) is 0 Å². The van der Waals surface area contributed by atoms with Crippen LogP contribution in [0.1, 0.15) is 46.0 Å². The number of carbonyl (C=O) groups is 2. The van der Waals surface area contributed by atoms with Crippen molar-refractivity contribution in [2.24, 2.45) is 0 Å². The summed E-state index contributed by atoms with van der Waals surface area (Å²) < 4.78 is 0. The van der Waals surface area contributed by atoms with E-state index in [-0.39, 0.29) is 12.2 Å². The zero-order valence-corrected chi connectivity index (χ0v) is 8.95. The monoisotopic (exact) mass is 204 g/mol. The van der Waals surface area contributed by atoms with Crippen LogP contribution in [0, 0.1) is 0 Å². The van der Waals surface area contributed by atoms with Gasteiger partial charge >= 0.3 is 5.97 Å². The molecule has 14 heavy (non-hydrogen) atoms. The summed E-state index contributed by atoms with van der Waals surface area (Å²) in [6, 6.07) is 0. The molecule has 0 aliphatic rings. The fourth-order valence-corrected chi connectivity index (χ4v) is 0.694. The van der Waals surface area contributed by atoms with Crippen LogP contribution in [-0.2, 0) is 9.59 Å². The van der Waals surface area contributed by atoms with Gasteiger partial charge in [0, 0.05) is 13.0 Å². The third kappa shape index (κ3) is 17.3. The Morgan fingerprint density at radius 2 is 1.71 bits per heavy atom. The fraction of sp³-hybridized carbons (Fsp3) is 0.800. The number of hydrogen-bond acceptors (Lipinski definition) is 3. The summed E-state index contributed by atoms with van der Waals surface area (Å²) in [5.41, 5.74) is 0. The van der Waals surface area contributed by atoms with Gasteiger partial charge in [-0.2, -0.15) is 0 Å². The zero-order valence-electron chi connectivity index (χ0n) is 8.95. The van der Waals surface area contributed by atoms with Crippen molar-refractivity contribution in [3.63, 3.8) is 0 Å². The first-order valence-corrected chi connectivity index (χ1v) is 4.92. The topological polar surface area (TPSA) is 74.6 Å². The third-order valence-electron chi connectivity index (χ3n) is 1.39. The number of carbonyl (C=O) groups excluding carboxylic acids is 1. The van der Waals surface area contributed by atoms with E-state index in [4.69, 9.17) is 10.2 Å². The number of aliphatic hydroxyl groups is 1. The van der Waals surface area contributed by atoms with Gasteiger partial charge in [-0.3, -0.25) is 9.59 Å². The minimum absolute atomic E-state index is 0.190. The van der Waals surface area contributed by atoms with E-state index in [0.717, 1.165) is 19.3 Å². The van der Waals surface area contributed by atoms with Gasteiger partial charge in [-0.15, -0.1) is 0 Å². The van der Waals surface area contributed by atoms with Crippen LogP contribution in [0.2, 0.25) is 0 Å². The Kier molecular flexibility index (Phi) is 13.5. The minimum Gasteiger partial charge on any atom is -0.481 e. The summed E-state index contributed by atoms with van der Waals surface area (Å²) in [6.07, 6.45) is 2.82. The zero-order chi connectivity index (χ0) is 11.4. The van der Waals surface area contributed by atoms with Crippen LogP contribution < -0.4 is 0 Å². The Bertz CT molecular complexity index is 152. The minimum atomic E-state index is -1.03. The van der Waals surface area contributed by atoms with Crippen LogP contribution in [0.4, 0.5) is 0 Å². The van der Waals surface area contributed by atoms with E-state index >= 15 is 0 Å². The summed E-state index contributed by atoms with van der Waals surface area (Å²) in [6.45, 7) is 4.24. The molecule has 0 heterocycles. The lowest BCUT2D eigenvalue weighted by molar-refractivity contribution is -0.140. The van der Waals surface area contributed by atoms with E-state index in [2.05, 4.69) is 6.92 Å². The van der Waals surface area contributed by atoms with Gasteiger partial charge in [0.1, 0.15) is 12.2 Å². The Morgan fingerprint density at radius 3 is 1.93 bits per heavy atom. The largest absolute Gasteiger partial charge is 0.481 e. The number of ketones is 1. The molecule has 2 N–H and O–H groups in total. The third-order valence-corrected chi connectivity index (χ3v) is 1.39. The number of carboxylic acid groups (broad SMARTS) is 1. The van der Waals surface area contributed by atoms with Gasteiger partial charge in [0.15, 0.2) is 0 Å². The van der Waals surface area contributed by atoms with Crippen molar-refractivity contribution < 1.29 is 19.8 Å². The van der Waals surface area contributed by atoms with Crippen molar-refractivity contribution >= 4 is 11.8 Å².